The van der Waals surface area contributed by atoms with Crippen LogP contribution < -0.4 is 5.32 Å². The third-order valence-corrected chi connectivity index (χ3v) is 6.45. The average Bonchev–Trinajstić information content (AvgIpc) is 3.10. The van der Waals surface area contributed by atoms with Crippen molar-refractivity contribution in [3.63, 3.8) is 0 Å². The molecule has 2 aliphatic heterocycles. The van der Waals surface area contributed by atoms with Crippen molar-refractivity contribution in [2.45, 2.75) is 23.7 Å². The van der Waals surface area contributed by atoms with Gasteiger partial charge in [-0.1, -0.05) is 11.2 Å². The summed E-state index contributed by atoms with van der Waals surface area (Å²) in [6.07, 6.45) is 4.67. The van der Waals surface area contributed by atoms with E-state index in [1.54, 1.807) is 12.2 Å². The number of nitrogens with one attached hydrogen (secondary N) is 1. The van der Waals surface area contributed by atoms with E-state index in [9.17, 15) is 18.0 Å². The van der Waals surface area contributed by atoms with Gasteiger partial charge in [0.1, 0.15) is 5.92 Å². The number of sulfonamides is 1. The predicted octanol–water partition coefficient (Wildman–Crippen LogP) is 1.07. The highest BCUT2D eigenvalue weighted by Crippen LogP contribution is 2.32. The summed E-state index contributed by atoms with van der Waals surface area (Å²) in [6, 6.07) is 5.96. The zero-order valence-corrected chi connectivity index (χ0v) is 16.2. The molecule has 150 valence electrons. The highest BCUT2D eigenvalue weighted by atomic mass is 32.2. The van der Waals surface area contributed by atoms with E-state index in [0.29, 0.717) is 11.6 Å². The van der Waals surface area contributed by atoms with Gasteiger partial charge in [0.2, 0.25) is 21.8 Å². The van der Waals surface area contributed by atoms with Crippen LogP contribution in [0.2, 0.25) is 0 Å². The summed E-state index contributed by atoms with van der Waals surface area (Å²) in [4.78, 5) is 30.9. The molecule has 2 aromatic rings. The van der Waals surface area contributed by atoms with E-state index < -0.39 is 15.9 Å². The van der Waals surface area contributed by atoms with Crippen LogP contribution in [-0.2, 0) is 19.6 Å². The van der Waals surface area contributed by atoms with Gasteiger partial charge in [-0.3, -0.25) is 9.59 Å². The van der Waals surface area contributed by atoms with E-state index in [4.69, 9.17) is 4.52 Å². The molecule has 1 aromatic heterocycles. The fourth-order valence-electron chi connectivity index (χ4n) is 3.03. The molecule has 0 spiro atoms. The van der Waals surface area contributed by atoms with Crippen molar-refractivity contribution >= 4 is 33.7 Å². The minimum absolute atomic E-state index is 0.132. The van der Waals surface area contributed by atoms with Crippen LogP contribution in [0, 0.1) is 0 Å². The number of anilines is 1. The summed E-state index contributed by atoms with van der Waals surface area (Å²) < 4.78 is 32.0. The number of aliphatic imine (C=N–C) groups is 1. The van der Waals surface area contributed by atoms with Gasteiger partial charge in [0, 0.05) is 31.9 Å². The molecule has 0 bridgehead atoms. The number of benzene rings is 1. The maximum Gasteiger partial charge on any atom is 0.260 e. The number of aromatic nitrogens is 2. The fraction of sp³-hybridized carbons (Fsp3) is 0.278. The topological polar surface area (TPSA) is 135 Å². The first-order valence-electron chi connectivity index (χ1n) is 8.80. The van der Waals surface area contributed by atoms with Gasteiger partial charge < -0.3 is 9.84 Å². The maximum atomic E-state index is 12.7. The fourth-order valence-corrected chi connectivity index (χ4v) is 4.56. The monoisotopic (exact) mass is 415 g/mol. The Morgan fingerprint density at radius 3 is 2.62 bits per heavy atom. The van der Waals surface area contributed by atoms with Crippen LogP contribution in [0.3, 0.4) is 0 Å². The van der Waals surface area contributed by atoms with Crippen molar-refractivity contribution in [2.75, 3.05) is 18.4 Å². The standard InChI is InChI=1S/C18H17N5O5S/c1-11(24)20-13-4-6-14(7-5-13)29(26,27)23-9-12(10-23)18-21-16(22-28-18)15-3-2-8-19-17(15)25/h2-8,12,15H,9-10H2,1H3,(H,20,24). The highest BCUT2D eigenvalue weighted by Gasteiger charge is 2.41. The zero-order chi connectivity index (χ0) is 20.6. The Morgan fingerprint density at radius 1 is 1.24 bits per heavy atom. The molecule has 1 N–H and O–H groups in total. The molecule has 0 radical (unpaired) electrons. The van der Waals surface area contributed by atoms with E-state index >= 15 is 0 Å². The van der Waals surface area contributed by atoms with E-state index in [-0.39, 0.29) is 41.5 Å². The van der Waals surface area contributed by atoms with Crippen molar-refractivity contribution in [3.05, 3.63) is 48.1 Å². The molecule has 1 saturated heterocycles. The summed E-state index contributed by atoms with van der Waals surface area (Å²) in [6.45, 7) is 1.77. The lowest BCUT2D eigenvalue weighted by Gasteiger charge is -2.35. The van der Waals surface area contributed by atoms with Crippen molar-refractivity contribution in [3.8, 4) is 0 Å². The second-order valence-electron chi connectivity index (χ2n) is 6.69. The van der Waals surface area contributed by atoms with Crippen molar-refractivity contribution in [1.82, 2.24) is 14.4 Å². The Hall–Kier alpha value is -3.18. The molecular formula is C18H17N5O5S. The molecule has 1 atom stereocenters. The van der Waals surface area contributed by atoms with Crippen LogP contribution in [0.15, 0.2) is 50.8 Å². The summed E-state index contributed by atoms with van der Waals surface area (Å²) in [5.74, 6) is -1.02. The molecule has 1 unspecified atom stereocenters. The average molecular weight is 415 g/mol. The molecule has 1 fully saturated rings. The van der Waals surface area contributed by atoms with Gasteiger partial charge in [-0.15, -0.1) is 0 Å². The molecule has 4 rings (SSSR count). The summed E-state index contributed by atoms with van der Waals surface area (Å²) in [5.41, 5.74) is 0.520. The third kappa shape index (κ3) is 3.74. The first-order valence-corrected chi connectivity index (χ1v) is 10.2. The maximum absolute atomic E-state index is 12.7. The van der Waals surface area contributed by atoms with Crippen LogP contribution in [0.4, 0.5) is 5.69 Å². The predicted molar refractivity (Wildman–Crippen MR) is 102 cm³/mol. The quantitative estimate of drug-likeness (QED) is 0.771. The first kappa shape index (κ1) is 19.2. The second kappa shape index (κ2) is 7.33. The molecule has 29 heavy (non-hydrogen) atoms. The van der Waals surface area contributed by atoms with E-state index in [1.807, 2.05) is 0 Å². The number of carbonyl (C=O) groups excluding carboxylic acids is 2. The van der Waals surface area contributed by atoms with Gasteiger partial charge >= 0.3 is 0 Å². The minimum Gasteiger partial charge on any atom is -0.339 e. The van der Waals surface area contributed by atoms with Crippen molar-refractivity contribution < 1.29 is 22.5 Å². The lowest BCUT2D eigenvalue weighted by molar-refractivity contribution is -0.118. The molecule has 0 saturated carbocycles. The van der Waals surface area contributed by atoms with Crippen LogP contribution >= 0.6 is 0 Å². The molecule has 1 aromatic carbocycles. The van der Waals surface area contributed by atoms with Gasteiger partial charge in [0.05, 0.1) is 10.8 Å². The van der Waals surface area contributed by atoms with Crippen LogP contribution in [0.1, 0.15) is 30.5 Å². The number of carbonyl (C=O) groups is 2. The first-order chi connectivity index (χ1) is 13.8. The summed E-state index contributed by atoms with van der Waals surface area (Å²) in [5, 5.41) is 6.43. The minimum atomic E-state index is -3.66. The van der Waals surface area contributed by atoms with Crippen LogP contribution in [-0.4, -0.2) is 54.0 Å². The van der Waals surface area contributed by atoms with Gasteiger partial charge in [0.15, 0.2) is 5.82 Å². The number of dihydropyridines is 1. The summed E-state index contributed by atoms with van der Waals surface area (Å²) >= 11 is 0. The number of hydrogen-bond donors (Lipinski definition) is 1. The van der Waals surface area contributed by atoms with Gasteiger partial charge in [-0.25, -0.2) is 13.4 Å². The lowest BCUT2D eigenvalue weighted by atomic mass is 10.0. The Kier molecular flexibility index (Phi) is 4.84. The third-order valence-electron chi connectivity index (χ3n) is 4.60. The molecule has 0 aliphatic carbocycles. The number of allylic oxidation sites excluding steroid dienone is 1. The molecular weight excluding hydrogens is 398 g/mol. The van der Waals surface area contributed by atoms with E-state index in [2.05, 4.69) is 20.4 Å². The van der Waals surface area contributed by atoms with Crippen LogP contribution in [0.25, 0.3) is 0 Å². The smallest absolute Gasteiger partial charge is 0.260 e. The Balaban J connectivity index is 1.41. The van der Waals surface area contributed by atoms with E-state index in [0.717, 1.165) is 0 Å². The molecule has 10 nitrogen and oxygen atoms in total. The Morgan fingerprint density at radius 2 is 1.97 bits per heavy atom. The Bertz CT molecular complexity index is 1110. The molecule has 2 amide bonds. The summed E-state index contributed by atoms with van der Waals surface area (Å²) in [7, 11) is -3.66. The second-order valence-corrected chi connectivity index (χ2v) is 8.63. The van der Waals surface area contributed by atoms with Gasteiger partial charge in [-0.05, 0) is 30.3 Å². The normalized spacial score (nSPS) is 19.9. The van der Waals surface area contributed by atoms with Gasteiger partial charge in [-0.2, -0.15) is 9.29 Å². The van der Waals surface area contributed by atoms with Crippen molar-refractivity contribution in [2.24, 2.45) is 4.99 Å². The van der Waals surface area contributed by atoms with Gasteiger partial charge in [0.25, 0.3) is 5.91 Å². The SMILES string of the molecule is CC(=O)Nc1ccc(S(=O)(=O)N2CC(c3nc(C4C=CC=NC4=O)no3)C2)cc1. The molecule has 11 heteroatoms. The Labute approximate surface area is 166 Å². The zero-order valence-electron chi connectivity index (χ0n) is 15.3. The largest absolute Gasteiger partial charge is 0.339 e. The molecule has 3 heterocycles. The highest BCUT2D eigenvalue weighted by molar-refractivity contribution is 7.89. The number of hydrogen-bond acceptors (Lipinski definition) is 7. The number of amides is 2. The number of nitrogens with zero attached hydrogens (tertiary/aromatic N) is 4. The van der Waals surface area contributed by atoms with Crippen LogP contribution in [0.5, 0.6) is 0 Å². The number of rotatable bonds is 5. The molecule has 2 aliphatic rings. The van der Waals surface area contributed by atoms with Crippen molar-refractivity contribution in [1.29, 1.82) is 0 Å². The lowest BCUT2D eigenvalue weighted by Crippen LogP contribution is -2.48. The van der Waals surface area contributed by atoms with E-state index in [1.165, 1.54) is 41.7 Å².